The van der Waals surface area contributed by atoms with Crippen molar-refractivity contribution in [2.75, 3.05) is 13.2 Å². The fourth-order valence-electron chi connectivity index (χ4n) is 4.89. The molecule has 0 radical (unpaired) electrons. The minimum Gasteiger partial charge on any atom is -0.394 e. The van der Waals surface area contributed by atoms with Gasteiger partial charge in [0.05, 0.1) is 50.1 Å². The molecular weight excluding hydrogens is 670 g/mol. The summed E-state index contributed by atoms with van der Waals surface area (Å²) in [6, 6.07) is 2.69. The van der Waals surface area contributed by atoms with Gasteiger partial charge in [-0.05, 0) is 31.2 Å². The summed E-state index contributed by atoms with van der Waals surface area (Å²) in [5.74, 6) is -5.12. The number of halogens is 4. The lowest BCUT2D eigenvalue weighted by Gasteiger charge is -2.43. The van der Waals surface area contributed by atoms with Gasteiger partial charge in [0.25, 0.3) is 0 Å². The molecule has 20 heteroatoms. The van der Waals surface area contributed by atoms with Gasteiger partial charge in [-0.1, -0.05) is 22.2 Å². The first-order valence-electron chi connectivity index (χ1n) is 14.4. The maximum Gasteiger partial charge on any atom is 0.194 e. The number of aliphatic hydroxyl groups excluding tert-OH is 6. The number of ether oxygens (including phenoxy) is 2. The SMILES string of the molecule is C[C@@H](O)C(CO)OC(S[C@@H]1O[C@H](CO)C(O)C(n2cc(-c3ccc(F)cn3)nn2)C1O)[C@@H](O)Cn1cc(-c2cc(F)c(F)c(F)c2)nn1. The summed E-state index contributed by atoms with van der Waals surface area (Å²) in [6.07, 6.45) is -4.85. The molecule has 9 atom stereocenters. The lowest BCUT2D eigenvalue weighted by Crippen LogP contribution is -2.56. The van der Waals surface area contributed by atoms with Gasteiger partial charge in [-0.25, -0.2) is 26.9 Å². The Morgan fingerprint density at radius 1 is 0.958 bits per heavy atom. The molecule has 1 aromatic carbocycles. The van der Waals surface area contributed by atoms with Crippen LogP contribution < -0.4 is 0 Å². The van der Waals surface area contributed by atoms with E-state index in [1.54, 1.807) is 0 Å². The first kappa shape index (κ1) is 35.7. The van der Waals surface area contributed by atoms with Gasteiger partial charge in [0.1, 0.15) is 64.6 Å². The van der Waals surface area contributed by atoms with E-state index < -0.39 is 90.0 Å². The average molecular weight is 702 g/mol. The maximum absolute atomic E-state index is 13.8. The Morgan fingerprint density at radius 3 is 2.29 bits per heavy atom. The zero-order chi connectivity index (χ0) is 34.7. The van der Waals surface area contributed by atoms with E-state index in [0.29, 0.717) is 11.8 Å². The molecule has 15 nitrogen and oxygen atoms in total. The summed E-state index contributed by atoms with van der Waals surface area (Å²) in [5, 5.41) is 79.1. The largest absolute Gasteiger partial charge is 0.394 e. The van der Waals surface area contributed by atoms with Crippen molar-refractivity contribution in [3.63, 3.8) is 0 Å². The number of nitrogens with zero attached hydrogens (tertiary/aromatic N) is 7. The quantitative estimate of drug-likeness (QED) is 0.0616. The molecule has 1 aliphatic heterocycles. The number of hydrogen-bond acceptors (Lipinski definition) is 14. The van der Waals surface area contributed by atoms with Crippen molar-refractivity contribution < 1.29 is 57.7 Å². The predicted octanol–water partition coefficient (Wildman–Crippen LogP) is 0.0138. The molecule has 1 aliphatic rings. The Morgan fingerprint density at radius 2 is 1.67 bits per heavy atom. The molecule has 4 aromatic rings. The molecule has 260 valence electrons. The zero-order valence-corrected chi connectivity index (χ0v) is 25.7. The molecule has 3 aromatic heterocycles. The molecule has 5 unspecified atom stereocenters. The van der Waals surface area contributed by atoms with E-state index >= 15 is 0 Å². The third-order valence-electron chi connectivity index (χ3n) is 7.46. The van der Waals surface area contributed by atoms with Gasteiger partial charge in [0, 0.05) is 5.56 Å². The van der Waals surface area contributed by atoms with E-state index in [4.69, 9.17) is 9.47 Å². The van der Waals surface area contributed by atoms with Crippen molar-refractivity contribution in [2.24, 2.45) is 0 Å². The molecule has 1 saturated heterocycles. The minimum atomic E-state index is -1.66. The molecule has 48 heavy (non-hydrogen) atoms. The Hall–Kier alpha value is -3.60. The molecule has 0 bridgehead atoms. The summed E-state index contributed by atoms with van der Waals surface area (Å²) in [4.78, 5) is 3.93. The smallest absolute Gasteiger partial charge is 0.194 e. The van der Waals surface area contributed by atoms with Crippen molar-refractivity contribution in [1.29, 1.82) is 0 Å². The van der Waals surface area contributed by atoms with Crippen LogP contribution >= 0.6 is 11.8 Å². The number of thioether (sulfide) groups is 1. The van der Waals surface area contributed by atoms with Crippen LogP contribution in [0.25, 0.3) is 22.6 Å². The van der Waals surface area contributed by atoms with E-state index in [9.17, 15) is 48.2 Å². The summed E-state index contributed by atoms with van der Waals surface area (Å²) in [6.45, 7) is -0.428. The highest BCUT2D eigenvalue weighted by atomic mass is 32.2. The third-order valence-corrected chi connectivity index (χ3v) is 8.81. The summed E-state index contributed by atoms with van der Waals surface area (Å²) in [7, 11) is 0. The van der Waals surface area contributed by atoms with Crippen LogP contribution in [0.3, 0.4) is 0 Å². The number of hydrogen-bond donors (Lipinski definition) is 6. The normalized spacial score (nSPS) is 23.9. The second-order valence-electron chi connectivity index (χ2n) is 10.9. The van der Waals surface area contributed by atoms with Crippen LogP contribution in [0, 0.1) is 23.3 Å². The van der Waals surface area contributed by atoms with Crippen molar-refractivity contribution >= 4 is 11.8 Å². The average Bonchev–Trinajstić information content (AvgIpc) is 3.73. The second-order valence-corrected chi connectivity index (χ2v) is 12.1. The Balaban J connectivity index is 1.38. The van der Waals surface area contributed by atoms with Crippen LogP contribution in [0.1, 0.15) is 13.0 Å². The molecular formula is C28H31F4N7O8S. The van der Waals surface area contributed by atoms with Crippen LogP contribution in [-0.2, 0) is 16.0 Å². The fraction of sp³-hybridized carbons (Fsp3) is 0.464. The van der Waals surface area contributed by atoms with Crippen molar-refractivity contribution in [3.8, 4) is 22.6 Å². The van der Waals surface area contributed by atoms with E-state index in [1.165, 1.54) is 25.4 Å². The van der Waals surface area contributed by atoms with Gasteiger partial charge in [-0.15, -0.1) is 10.2 Å². The topological polar surface area (TPSA) is 214 Å². The highest BCUT2D eigenvalue weighted by molar-refractivity contribution is 8.00. The molecule has 0 aliphatic carbocycles. The van der Waals surface area contributed by atoms with Crippen LogP contribution in [0.15, 0.2) is 42.9 Å². The van der Waals surface area contributed by atoms with Crippen molar-refractivity contribution in [1.82, 2.24) is 35.0 Å². The molecule has 1 fully saturated rings. The van der Waals surface area contributed by atoms with E-state index in [2.05, 4.69) is 25.6 Å². The van der Waals surface area contributed by atoms with Crippen LogP contribution in [-0.4, -0.2) is 126 Å². The maximum atomic E-state index is 13.8. The Labute approximate surface area is 273 Å². The number of benzene rings is 1. The number of rotatable bonds is 13. The van der Waals surface area contributed by atoms with Gasteiger partial charge < -0.3 is 40.1 Å². The first-order valence-corrected chi connectivity index (χ1v) is 15.3. The second kappa shape index (κ2) is 15.3. The Kier molecular flexibility index (Phi) is 11.4. The predicted molar refractivity (Wildman–Crippen MR) is 156 cm³/mol. The van der Waals surface area contributed by atoms with Crippen molar-refractivity contribution in [3.05, 3.63) is 66.1 Å². The van der Waals surface area contributed by atoms with Gasteiger partial charge in [-0.2, -0.15) is 0 Å². The van der Waals surface area contributed by atoms with E-state index in [0.717, 1.165) is 33.8 Å². The summed E-state index contributed by atoms with van der Waals surface area (Å²) in [5.41, 5.74) is -2.48. The molecule has 0 amide bonds. The van der Waals surface area contributed by atoms with Crippen LogP contribution in [0.2, 0.25) is 0 Å². The molecule has 5 rings (SSSR count). The molecule has 6 N–H and O–H groups in total. The third kappa shape index (κ3) is 7.82. The number of pyridine rings is 1. The van der Waals surface area contributed by atoms with Crippen LogP contribution in [0.4, 0.5) is 17.6 Å². The molecule has 0 spiro atoms. The highest BCUT2D eigenvalue weighted by Crippen LogP contribution is 2.38. The summed E-state index contributed by atoms with van der Waals surface area (Å²) >= 11 is 0.688. The van der Waals surface area contributed by atoms with Gasteiger partial charge in [0.2, 0.25) is 0 Å². The van der Waals surface area contributed by atoms with Gasteiger partial charge in [0.15, 0.2) is 17.5 Å². The van der Waals surface area contributed by atoms with Crippen molar-refractivity contribution in [2.45, 2.75) is 67.0 Å². The number of aromatic nitrogens is 7. The fourth-order valence-corrected chi connectivity index (χ4v) is 6.16. The molecule has 0 saturated carbocycles. The number of aliphatic hydroxyl groups is 6. The van der Waals surface area contributed by atoms with Gasteiger partial charge >= 0.3 is 0 Å². The first-order chi connectivity index (χ1) is 22.9. The standard InChI is InChI=1S/C28H31F4N7O8S/c1-12(42)21(10-40)46-27(20(43)9-38-7-18(34-36-38)13-4-15(30)23(32)16(31)5-13)48-28-26(45)24(25(44)22(11-41)47-28)39-8-19(35-37-39)17-3-2-14(29)6-33-17/h2-8,12,20-22,24-28,40-45H,9-11H2,1H3/t12-,20+,21?,22-,24?,25?,26?,27?,28+/m1/s1. The van der Waals surface area contributed by atoms with Crippen LogP contribution in [0.5, 0.6) is 0 Å². The van der Waals surface area contributed by atoms with E-state index in [-0.39, 0.29) is 29.2 Å². The lowest BCUT2D eigenvalue weighted by atomic mass is 9.97. The lowest BCUT2D eigenvalue weighted by molar-refractivity contribution is -0.180. The minimum absolute atomic E-state index is 0.0565. The van der Waals surface area contributed by atoms with Gasteiger partial charge in [-0.3, -0.25) is 4.98 Å². The molecule has 4 heterocycles. The monoisotopic (exact) mass is 701 g/mol. The van der Waals surface area contributed by atoms with E-state index in [1.807, 2.05) is 0 Å². The zero-order valence-electron chi connectivity index (χ0n) is 24.9. The Bertz CT molecular complexity index is 1650. The highest BCUT2D eigenvalue weighted by Gasteiger charge is 2.48. The summed E-state index contributed by atoms with van der Waals surface area (Å²) < 4.78 is 68.1.